The van der Waals surface area contributed by atoms with E-state index in [1.807, 2.05) is 28.8 Å². The fraction of sp³-hybridized carbons (Fsp3) is 0.286. The maximum absolute atomic E-state index is 13.8. The summed E-state index contributed by atoms with van der Waals surface area (Å²) in [4.78, 5) is 26.7. The Labute approximate surface area is 214 Å². The molecule has 3 aromatic heterocycles. The summed E-state index contributed by atoms with van der Waals surface area (Å²) in [5.41, 5.74) is 7.70. The van der Waals surface area contributed by atoms with Gasteiger partial charge in [0.1, 0.15) is 23.5 Å². The van der Waals surface area contributed by atoms with E-state index in [1.165, 1.54) is 6.33 Å². The molecule has 1 atom stereocenters. The minimum atomic E-state index is -1.55. The number of methoxy groups -OCH3 is 1. The van der Waals surface area contributed by atoms with Gasteiger partial charge in [-0.05, 0) is 62.4 Å². The lowest BCUT2D eigenvalue weighted by atomic mass is 10.0. The molecule has 9 nitrogen and oxygen atoms in total. The van der Waals surface area contributed by atoms with Crippen molar-refractivity contribution >= 4 is 28.4 Å². The SMILES string of the molecule is COCc1ccc(NC(=O)c2c(C#CC(C)(O)c3ccccn3)n(C3(C)CC3)c3ncnc(N)c23)cc1. The molecule has 37 heavy (non-hydrogen) atoms. The Morgan fingerprint density at radius 1 is 1.22 bits per heavy atom. The zero-order chi connectivity index (χ0) is 26.2. The third-order valence-electron chi connectivity index (χ3n) is 6.63. The number of nitrogens with one attached hydrogen (secondary N) is 1. The molecule has 0 bridgehead atoms. The first kappa shape index (κ1) is 24.4. The number of hydrogen-bond acceptors (Lipinski definition) is 7. The lowest BCUT2D eigenvalue weighted by Crippen LogP contribution is -2.21. The van der Waals surface area contributed by atoms with Crippen LogP contribution in [0.4, 0.5) is 11.5 Å². The van der Waals surface area contributed by atoms with Crippen molar-refractivity contribution < 1.29 is 14.6 Å². The molecule has 188 valence electrons. The molecular weight excluding hydrogens is 468 g/mol. The van der Waals surface area contributed by atoms with Gasteiger partial charge in [0, 0.05) is 24.5 Å². The van der Waals surface area contributed by atoms with Gasteiger partial charge < -0.3 is 25.5 Å². The van der Waals surface area contributed by atoms with Gasteiger partial charge in [0.15, 0.2) is 5.60 Å². The van der Waals surface area contributed by atoms with Crippen molar-refractivity contribution in [1.82, 2.24) is 19.5 Å². The molecule has 0 spiro atoms. The molecule has 0 radical (unpaired) electrons. The zero-order valence-electron chi connectivity index (χ0n) is 20.9. The van der Waals surface area contributed by atoms with Gasteiger partial charge in [0.2, 0.25) is 0 Å². The summed E-state index contributed by atoms with van der Waals surface area (Å²) in [5.74, 6) is 5.83. The number of pyridine rings is 1. The Morgan fingerprint density at radius 3 is 2.62 bits per heavy atom. The number of nitrogens with zero attached hydrogens (tertiary/aromatic N) is 4. The number of aliphatic hydroxyl groups is 1. The van der Waals surface area contributed by atoms with E-state index < -0.39 is 11.5 Å². The Balaban J connectivity index is 1.66. The Hall–Kier alpha value is -4.26. The highest BCUT2D eigenvalue weighted by Gasteiger charge is 2.44. The van der Waals surface area contributed by atoms with Crippen molar-refractivity contribution in [2.75, 3.05) is 18.2 Å². The third kappa shape index (κ3) is 4.65. The van der Waals surface area contributed by atoms with E-state index in [0.29, 0.717) is 34.7 Å². The molecule has 1 fully saturated rings. The number of benzene rings is 1. The number of rotatable bonds is 6. The van der Waals surface area contributed by atoms with E-state index in [4.69, 9.17) is 10.5 Å². The minimum Gasteiger partial charge on any atom is -0.383 e. The van der Waals surface area contributed by atoms with Crippen LogP contribution in [0.2, 0.25) is 0 Å². The number of anilines is 2. The van der Waals surface area contributed by atoms with Crippen molar-refractivity contribution in [2.45, 2.75) is 44.4 Å². The molecule has 1 saturated carbocycles. The number of nitrogen functional groups attached to an aromatic ring is 1. The highest BCUT2D eigenvalue weighted by molar-refractivity contribution is 6.16. The molecular formula is C28H28N6O3. The predicted octanol–water partition coefficient (Wildman–Crippen LogP) is 3.58. The van der Waals surface area contributed by atoms with Crippen LogP contribution in [0.25, 0.3) is 11.0 Å². The Morgan fingerprint density at radius 2 is 1.97 bits per heavy atom. The number of amides is 1. The van der Waals surface area contributed by atoms with Crippen LogP contribution in [0, 0.1) is 11.8 Å². The molecule has 1 amide bonds. The number of ether oxygens (including phenoxy) is 1. The molecule has 9 heteroatoms. The van der Waals surface area contributed by atoms with Crippen LogP contribution in [-0.2, 0) is 22.5 Å². The van der Waals surface area contributed by atoms with E-state index in [0.717, 1.165) is 18.4 Å². The van der Waals surface area contributed by atoms with E-state index in [2.05, 4.69) is 39.0 Å². The molecule has 1 aliphatic rings. The van der Waals surface area contributed by atoms with Crippen molar-refractivity contribution in [3.05, 3.63) is 77.5 Å². The van der Waals surface area contributed by atoms with Crippen LogP contribution in [0.1, 0.15) is 54.0 Å². The average molecular weight is 497 g/mol. The summed E-state index contributed by atoms with van der Waals surface area (Å²) in [7, 11) is 1.63. The summed E-state index contributed by atoms with van der Waals surface area (Å²) in [5, 5.41) is 14.5. The summed E-state index contributed by atoms with van der Waals surface area (Å²) in [6.45, 7) is 4.14. The third-order valence-corrected chi connectivity index (χ3v) is 6.63. The van der Waals surface area contributed by atoms with Crippen molar-refractivity contribution in [3.8, 4) is 11.8 Å². The molecule has 1 unspecified atom stereocenters. The maximum Gasteiger partial charge on any atom is 0.259 e. The van der Waals surface area contributed by atoms with Crippen LogP contribution < -0.4 is 11.1 Å². The van der Waals surface area contributed by atoms with Crippen molar-refractivity contribution in [3.63, 3.8) is 0 Å². The van der Waals surface area contributed by atoms with Gasteiger partial charge in [0.05, 0.1) is 23.3 Å². The van der Waals surface area contributed by atoms with Crippen LogP contribution in [0.5, 0.6) is 0 Å². The van der Waals surface area contributed by atoms with E-state index in [1.54, 1.807) is 38.4 Å². The van der Waals surface area contributed by atoms with Gasteiger partial charge in [-0.1, -0.05) is 24.1 Å². The van der Waals surface area contributed by atoms with E-state index in [-0.39, 0.29) is 16.9 Å². The second kappa shape index (κ2) is 9.32. The summed E-state index contributed by atoms with van der Waals surface area (Å²) >= 11 is 0. The van der Waals surface area contributed by atoms with E-state index in [9.17, 15) is 9.90 Å². The lowest BCUT2D eigenvalue weighted by molar-refractivity contribution is 0.102. The predicted molar refractivity (Wildman–Crippen MR) is 141 cm³/mol. The first-order valence-electron chi connectivity index (χ1n) is 12.0. The zero-order valence-corrected chi connectivity index (χ0v) is 20.9. The molecule has 3 heterocycles. The summed E-state index contributed by atoms with van der Waals surface area (Å²) in [6.07, 6.45) is 4.78. The molecule has 4 N–H and O–H groups in total. The second-order valence-electron chi connectivity index (χ2n) is 9.63. The summed E-state index contributed by atoms with van der Waals surface area (Å²) in [6, 6.07) is 12.6. The number of carbonyl (C=O) groups is 1. The summed E-state index contributed by atoms with van der Waals surface area (Å²) < 4.78 is 7.12. The van der Waals surface area contributed by atoms with Gasteiger partial charge in [-0.15, -0.1) is 0 Å². The second-order valence-corrected chi connectivity index (χ2v) is 9.63. The minimum absolute atomic E-state index is 0.188. The van der Waals surface area contributed by atoms with E-state index >= 15 is 0 Å². The van der Waals surface area contributed by atoms with Crippen LogP contribution in [0.3, 0.4) is 0 Å². The number of carbonyl (C=O) groups excluding carboxylic acids is 1. The molecule has 1 aromatic carbocycles. The molecule has 0 aliphatic heterocycles. The number of aromatic nitrogens is 4. The maximum atomic E-state index is 13.8. The molecule has 0 saturated heterocycles. The number of fused-ring (bicyclic) bond motifs is 1. The van der Waals surface area contributed by atoms with Crippen LogP contribution in [-0.4, -0.2) is 37.6 Å². The molecule has 4 aromatic rings. The van der Waals surface area contributed by atoms with Gasteiger partial charge in [0.25, 0.3) is 5.91 Å². The highest BCUT2D eigenvalue weighted by atomic mass is 16.5. The topological polar surface area (TPSA) is 128 Å². The van der Waals surface area contributed by atoms with Crippen molar-refractivity contribution in [1.29, 1.82) is 0 Å². The Kier molecular flexibility index (Phi) is 6.15. The van der Waals surface area contributed by atoms with Crippen molar-refractivity contribution in [2.24, 2.45) is 0 Å². The Bertz CT molecular complexity index is 1530. The van der Waals surface area contributed by atoms with Gasteiger partial charge in [-0.25, -0.2) is 9.97 Å². The largest absolute Gasteiger partial charge is 0.383 e. The van der Waals surface area contributed by atoms with Crippen LogP contribution in [0.15, 0.2) is 55.0 Å². The standard InChI is InChI=1S/C28H28N6O3/c1-27(13-14-27)34-20(11-12-28(2,36)21-6-4-5-15-30-21)22(23-24(29)31-17-32-25(23)34)26(35)33-19-9-7-18(8-10-19)16-37-3/h4-10,15,17,36H,13-14,16H2,1-3H3,(H,33,35)(H2,29,31,32). The number of hydrogen-bond donors (Lipinski definition) is 3. The molecule has 5 rings (SSSR count). The smallest absolute Gasteiger partial charge is 0.259 e. The van der Waals surface area contributed by atoms with Crippen LogP contribution >= 0.6 is 0 Å². The monoisotopic (exact) mass is 496 g/mol. The average Bonchev–Trinajstić information content (AvgIpc) is 3.53. The normalized spacial score (nSPS) is 15.5. The lowest BCUT2D eigenvalue weighted by Gasteiger charge is -2.17. The quantitative estimate of drug-likeness (QED) is 0.348. The fourth-order valence-electron chi connectivity index (χ4n) is 4.34. The van der Waals surface area contributed by atoms with Gasteiger partial charge in [-0.3, -0.25) is 9.78 Å². The number of nitrogens with two attached hydrogens (primary N) is 1. The first-order valence-corrected chi connectivity index (χ1v) is 12.0. The molecule has 1 aliphatic carbocycles. The first-order chi connectivity index (χ1) is 17.7. The van der Waals surface area contributed by atoms with Gasteiger partial charge in [-0.2, -0.15) is 0 Å². The van der Waals surface area contributed by atoms with Gasteiger partial charge >= 0.3 is 0 Å². The fourth-order valence-corrected chi connectivity index (χ4v) is 4.34. The highest BCUT2D eigenvalue weighted by Crippen LogP contribution is 2.47.